The predicted octanol–water partition coefficient (Wildman–Crippen LogP) is 1.26. The van der Waals surface area contributed by atoms with Crippen molar-refractivity contribution < 1.29 is 9.53 Å². The molecule has 0 aliphatic carbocycles. The Bertz CT molecular complexity index is 150. The van der Waals surface area contributed by atoms with Crippen LogP contribution in [0.1, 0.15) is 6.42 Å². The first kappa shape index (κ1) is 8.81. The van der Waals surface area contributed by atoms with Crippen molar-refractivity contribution in [3.63, 3.8) is 0 Å². The molecule has 62 valence electrons. The largest absolute Gasteiger partial charge is 0.369 e. The molecular weight excluding hydrogens is 160 g/mol. The highest BCUT2D eigenvalue weighted by atomic mass is 32.2. The van der Waals surface area contributed by atoms with E-state index in [1.165, 1.54) is 0 Å². The number of ketones is 1. The van der Waals surface area contributed by atoms with Crippen LogP contribution in [0.25, 0.3) is 0 Å². The molecule has 1 saturated heterocycles. The van der Waals surface area contributed by atoms with Gasteiger partial charge in [0, 0.05) is 17.9 Å². The van der Waals surface area contributed by atoms with E-state index < -0.39 is 0 Å². The summed E-state index contributed by atoms with van der Waals surface area (Å²) in [7, 11) is 0. The summed E-state index contributed by atoms with van der Waals surface area (Å²) in [5, 5.41) is 0. The van der Waals surface area contributed by atoms with Crippen molar-refractivity contribution >= 4 is 17.5 Å². The fourth-order valence-electron chi connectivity index (χ4n) is 0.947. The quantitative estimate of drug-likeness (QED) is 0.600. The van der Waals surface area contributed by atoms with Gasteiger partial charge in [-0.05, 0) is 0 Å². The molecule has 0 spiro atoms. The van der Waals surface area contributed by atoms with Crippen molar-refractivity contribution in [2.45, 2.75) is 12.5 Å². The van der Waals surface area contributed by atoms with Gasteiger partial charge in [0.1, 0.15) is 6.10 Å². The normalized spacial score (nSPS) is 24.5. The fourth-order valence-corrected chi connectivity index (χ4v) is 1.82. The average Bonchev–Trinajstić information content (AvgIpc) is 2.07. The molecule has 0 N–H and O–H groups in total. The Hall–Kier alpha value is -0.280. The van der Waals surface area contributed by atoms with Crippen LogP contribution < -0.4 is 0 Å². The maximum absolute atomic E-state index is 11.2. The number of allylic oxidation sites excluding steroid dienone is 1. The minimum atomic E-state index is -0.174. The summed E-state index contributed by atoms with van der Waals surface area (Å²) < 4.78 is 5.27. The third-order valence-electron chi connectivity index (χ3n) is 1.52. The number of hydrogen-bond donors (Lipinski definition) is 0. The number of rotatable bonds is 3. The van der Waals surface area contributed by atoms with Crippen molar-refractivity contribution in [1.82, 2.24) is 0 Å². The van der Waals surface area contributed by atoms with Gasteiger partial charge in [-0.25, -0.2) is 0 Å². The average molecular weight is 172 g/mol. The van der Waals surface area contributed by atoms with Gasteiger partial charge in [-0.15, -0.1) is 6.58 Å². The van der Waals surface area contributed by atoms with Crippen LogP contribution in [0.3, 0.4) is 0 Å². The van der Waals surface area contributed by atoms with Gasteiger partial charge in [0.05, 0.1) is 6.61 Å². The van der Waals surface area contributed by atoms with E-state index in [0.717, 1.165) is 11.5 Å². The number of thioether (sulfide) groups is 1. The van der Waals surface area contributed by atoms with E-state index in [4.69, 9.17) is 4.74 Å². The van der Waals surface area contributed by atoms with E-state index in [1.54, 1.807) is 17.8 Å². The Balaban J connectivity index is 2.32. The zero-order valence-electron chi connectivity index (χ0n) is 6.41. The third-order valence-corrected chi connectivity index (χ3v) is 2.51. The van der Waals surface area contributed by atoms with Gasteiger partial charge >= 0.3 is 0 Å². The minimum absolute atomic E-state index is 0.159. The van der Waals surface area contributed by atoms with E-state index in [9.17, 15) is 4.79 Å². The lowest BCUT2D eigenvalue weighted by molar-refractivity contribution is -0.128. The number of Topliss-reactive ketones (excluding diaryl/α,β-unsaturated/α-hetero) is 1. The Morgan fingerprint density at radius 1 is 1.82 bits per heavy atom. The highest BCUT2D eigenvalue weighted by Gasteiger charge is 2.20. The van der Waals surface area contributed by atoms with Gasteiger partial charge in [-0.1, -0.05) is 6.08 Å². The Kier molecular flexibility index (Phi) is 3.66. The molecule has 0 aromatic rings. The lowest BCUT2D eigenvalue weighted by atomic mass is 10.2. The molecule has 1 rings (SSSR count). The summed E-state index contributed by atoms with van der Waals surface area (Å²) >= 11 is 1.78. The number of carbonyl (C=O) groups is 1. The molecule has 11 heavy (non-hydrogen) atoms. The van der Waals surface area contributed by atoms with Crippen molar-refractivity contribution in [2.75, 3.05) is 18.1 Å². The van der Waals surface area contributed by atoms with Crippen LogP contribution >= 0.6 is 11.8 Å². The van der Waals surface area contributed by atoms with Crippen LogP contribution in [0, 0.1) is 0 Å². The molecule has 2 nitrogen and oxygen atoms in total. The maximum Gasteiger partial charge on any atom is 0.166 e. The molecule has 0 saturated carbocycles. The fraction of sp³-hybridized carbons (Fsp3) is 0.625. The Morgan fingerprint density at radius 3 is 3.18 bits per heavy atom. The van der Waals surface area contributed by atoms with Gasteiger partial charge in [-0.3, -0.25) is 4.79 Å². The minimum Gasteiger partial charge on any atom is -0.369 e. The van der Waals surface area contributed by atoms with Gasteiger partial charge < -0.3 is 4.74 Å². The summed E-state index contributed by atoms with van der Waals surface area (Å²) in [4.78, 5) is 11.2. The molecule has 0 radical (unpaired) electrons. The molecular formula is C8H12O2S. The van der Waals surface area contributed by atoms with Crippen LogP contribution in [0.15, 0.2) is 12.7 Å². The number of carbonyl (C=O) groups excluding carboxylic acids is 1. The molecule has 0 aromatic heterocycles. The zero-order valence-corrected chi connectivity index (χ0v) is 7.23. The Morgan fingerprint density at radius 2 is 2.64 bits per heavy atom. The van der Waals surface area contributed by atoms with Crippen molar-refractivity contribution in [1.29, 1.82) is 0 Å². The van der Waals surface area contributed by atoms with E-state index in [-0.39, 0.29) is 11.9 Å². The highest BCUT2D eigenvalue weighted by Crippen LogP contribution is 2.14. The van der Waals surface area contributed by atoms with Gasteiger partial charge in [0.2, 0.25) is 0 Å². The van der Waals surface area contributed by atoms with E-state index in [0.29, 0.717) is 13.0 Å². The first-order valence-electron chi connectivity index (χ1n) is 3.67. The van der Waals surface area contributed by atoms with Crippen LogP contribution in [0.5, 0.6) is 0 Å². The lowest BCUT2D eigenvalue weighted by Gasteiger charge is -2.20. The zero-order chi connectivity index (χ0) is 8.10. The van der Waals surface area contributed by atoms with Crippen LogP contribution in [0.4, 0.5) is 0 Å². The van der Waals surface area contributed by atoms with E-state index in [1.807, 2.05) is 0 Å². The van der Waals surface area contributed by atoms with Crippen molar-refractivity contribution in [2.24, 2.45) is 0 Å². The van der Waals surface area contributed by atoms with Gasteiger partial charge in [-0.2, -0.15) is 11.8 Å². The summed E-state index contributed by atoms with van der Waals surface area (Å²) in [5.41, 5.74) is 0. The number of hydrogen-bond acceptors (Lipinski definition) is 3. The topological polar surface area (TPSA) is 26.3 Å². The second-order valence-electron chi connectivity index (χ2n) is 2.39. The molecule has 0 amide bonds. The maximum atomic E-state index is 11.2. The molecule has 1 aliphatic heterocycles. The molecule has 1 atom stereocenters. The summed E-state index contributed by atoms with van der Waals surface area (Å²) in [5.74, 6) is 1.98. The smallest absolute Gasteiger partial charge is 0.166 e. The van der Waals surface area contributed by atoms with E-state index in [2.05, 4.69) is 6.58 Å². The molecule has 1 fully saturated rings. The van der Waals surface area contributed by atoms with Crippen molar-refractivity contribution in [3.8, 4) is 0 Å². The standard InChI is InChI=1S/C8H12O2S/c1-2-3-7(9)8-6-11-5-4-10-8/h2,8H,1,3-6H2. The van der Waals surface area contributed by atoms with Crippen molar-refractivity contribution in [3.05, 3.63) is 12.7 Å². The second-order valence-corrected chi connectivity index (χ2v) is 3.54. The van der Waals surface area contributed by atoms with Crippen LogP contribution in [-0.2, 0) is 9.53 Å². The summed E-state index contributed by atoms with van der Waals surface area (Å²) in [6, 6.07) is 0. The Labute approximate surface area is 71.0 Å². The van der Waals surface area contributed by atoms with Gasteiger partial charge in [0.25, 0.3) is 0 Å². The number of ether oxygens (including phenoxy) is 1. The third kappa shape index (κ3) is 2.67. The molecule has 1 unspecified atom stereocenters. The highest BCUT2D eigenvalue weighted by molar-refractivity contribution is 7.99. The summed E-state index contributed by atoms with van der Waals surface area (Å²) in [6.45, 7) is 4.22. The molecule has 0 bridgehead atoms. The van der Waals surface area contributed by atoms with Gasteiger partial charge in [0.15, 0.2) is 5.78 Å². The first-order valence-corrected chi connectivity index (χ1v) is 4.83. The SMILES string of the molecule is C=CCC(=O)C1CSCCO1. The molecule has 1 aliphatic rings. The summed E-state index contributed by atoms with van der Waals surface area (Å²) in [6.07, 6.45) is 1.89. The van der Waals surface area contributed by atoms with E-state index >= 15 is 0 Å². The molecule has 1 heterocycles. The first-order chi connectivity index (χ1) is 5.34. The monoisotopic (exact) mass is 172 g/mol. The van der Waals surface area contributed by atoms with Crippen LogP contribution in [0.2, 0.25) is 0 Å². The van der Waals surface area contributed by atoms with Crippen LogP contribution in [-0.4, -0.2) is 30.0 Å². The molecule has 0 aromatic carbocycles. The molecule has 3 heteroatoms. The lowest BCUT2D eigenvalue weighted by Crippen LogP contribution is -2.30. The second kappa shape index (κ2) is 4.57. The predicted molar refractivity (Wildman–Crippen MR) is 46.9 cm³/mol.